The maximum Gasteiger partial charge on any atom is 0.530 e. The van der Waals surface area contributed by atoms with Gasteiger partial charge in [-0.25, -0.2) is 39.5 Å². The number of phosphoric acid groups is 1. The molecule has 2 amide bonds. The van der Waals surface area contributed by atoms with Gasteiger partial charge in [0, 0.05) is 57.7 Å². The standard InChI is InChI=1S/C63H69ClF10N7O12PS2/c1-32(2)91-94(85,92-33(3)4)93-47-21-34(5)20-36(25-50(84)90-58(6,7)8)53(47)59(9,10)28-49(83)81(95(86)87)29-46-52-44(64)17-16-41(55(52)80(77-46)31-61(67,68)69)40-15-14-39(18-19-60(11,12)96(13,88)89)75-54(40)45(24-35-22-37(65)26-38(66)23-35)76-48(82)30-79-57-51(56(78-79)63(72,73)74)42-27-43(42)62(57,70)71/h14-17,20-23,26,32-33,42-43,45,95H,24-25,27-31H2,1-13H3,(H,76,82)/t42-,43+,45-/m0/s1. The molecular formula is C63H69ClF10N7O12PS2. The Morgan fingerprint density at radius 1 is 0.885 bits per heavy atom. The quantitative estimate of drug-likeness (QED) is 0.0199. The van der Waals surface area contributed by atoms with Gasteiger partial charge in [-0.05, 0) is 147 Å². The van der Waals surface area contributed by atoms with Gasteiger partial charge in [-0.2, -0.15) is 45.3 Å². The number of hydrogen-bond acceptors (Lipinski definition) is 15. The number of hydrogen-bond donors (Lipinski definition) is 2. The van der Waals surface area contributed by atoms with Crippen molar-refractivity contribution >= 4 is 68.8 Å². The average molecular weight is 1440 g/mol. The zero-order valence-electron chi connectivity index (χ0n) is 54.1. The van der Waals surface area contributed by atoms with Crippen molar-refractivity contribution in [1.82, 2.24) is 34.2 Å². The molecule has 33 heteroatoms. The number of rotatable bonds is 23. The van der Waals surface area contributed by atoms with Crippen molar-refractivity contribution in [3.63, 3.8) is 0 Å². The Hall–Kier alpha value is -7.10. The number of halogens is 11. The fraction of sp³-hybridized carbons (Fsp3) is 0.492. The van der Waals surface area contributed by atoms with Gasteiger partial charge < -0.3 is 14.6 Å². The minimum atomic E-state index is -5.25. The summed E-state index contributed by atoms with van der Waals surface area (Å²) < 4.78 is 239. The molecule has 0 bridgehead atoms. The molecule has 3 heterocycles. The first kappa shape index (κ1) is 74.7. The van der Waals surface area contributed by atoms with Gasteiger partial charge in [-0.3, -0.25) is 32.8 Å². The number of nitrogens with zero attached hydrogens (tertiary/aromatic N) is 6. The highest BCUT2D eigenvalue weighted by Gasteiger charge is 2.68. The van der Waals surface area contributed by atoms with Crippen LogP contribution in [0, 0.1) is 36.3 Å². The number of fused-ring (bicyclic) bond motifs is 4. The van der Waals surface area contributed by atoms with Gasteiger partial charge in [-0.15, -0.1) is 0 Å². The lowest BCUT2D eigenvalue weighted by atomic mass is 9.77. The Kier molecular flexibility index (Phi) is 21.0. The number of carbonyl (C=O) groups excluding carboxylic acids is 3. The topological polar surface area (TPSA) is 237 Å². The number of thiol groups is 1. The van der Waals surface area contributed by atoms with Crippen LogP contribution in [-0.2, 0) is 103 Å². The van der Waals surface area contributed by atoms with Gasteiger partial charge >= 0.3 is 26.1 Å². The van der Waals surface area contributed by atoms with Crippen LogP contribution >= 0.6 is 19.4 Å². The van der Waals surface area contributed by atoms with Crippen LogP contribution in [-0.4, -0.2) is 98.5 Å². The number of aryl methyl sites for hydroxylation is 1. The van der Waals surface area contributed by atoms with Crippen LogP contribution in [0.15, 0.2) is 54.6 Å². The van der Waals surface area contributed by atoms with Crippen molar-refractivity contribution in [2.24, 2.45) is 5.92 Å². The lowest BCUT2D eigenvalue weighted by Gasteiger charge is -2.32. The zero-order chi connectivity index (χ0) is 71.7. The maximum atomic E-state index is 15.8. The smallest absolute Gasteiger partial charge is 0.460 e. The molecule has 1 N–H and O–H groups in total. The summed E-state index contributed by atoms with van der Waals surface area (Å²) in [5.74, 6) is -7.31. The number of alkyl halides is 8. The van der Waals surface area contributed by atoms with Crippen molar-refractivity contribution < 1.29 is 98.0 Å². The number of amides is 2. The third kappa shape index (κ3) is 17.1. The normalized spacial score (nSPS) is 16.2. The molecule has 3 aromatic carbocycles. The van der Waals surface area contributed by atoms with E-state index in [1.54, 1.807) is 61.5 Å². The van der Waals surface area contributed by atoms with Crippen LogP contribution in [0.5, 0.6) is 5.75 Å². The second kappa shape index (κ2) is 27.0. The molecule has 19 nitrogen and oxygen atoms in total. The van der Waals surface area contributed by atoms with Gasteiger partial charge in [0.15, 0.2) is 15.5 Å². The SMILES string of the molecule is Cc1cc(CC(=O)OC(C)(C)C)c(C(C)(C)CC(=O)N(Cc2nn(CC(F)(F)F)c3c(-c4ccc(C#CC(C)(C)S(C)(=O)=O)nc4[C@H](Cc4cc(F)cc(F)c4)NC(=O)Cn4nc(C(F)(F)F)c5c4C(F)(F)[C@@H]4C[C@H]54)ccc(Cl)c23)[SH](=O)=O)c(OP(=O)(OC(C)C)OC(C)C)c1. The van der Waals surface area contributed by atoms with Crippen molar-refractivity contribution in [2.45, 2.75) is 187 Å². The van der Waals surface area contributed by atoms with Crippen LogP contribution in [0.2, 0.25) is 5.02 Å². The third-order valence-electron chi connectivity index (χ3n) is 15.4. The largest absolute Gasteiger partial charge is 0.530 e. The predicted octanol–water partition coefficient (Wildman–Crippen LogP) is 13.0. The summed E-state index contributed by atoms with van der Waals surface area (Å²) in [7, 11) is -12.6. The highest BCUT2D eigenvalue weighted by molar-refractivity contribution is 7.92. The third-order valence-corrected chi connectivity index (χ3v) is 20.2. The van der Waals surface area contributed by atoms with E-state index in [1.807, 2.05) is 0 Å². The van der Waals surface area contributed by atoms with E-state index >= 15 is 30.7 Å². The van der Waals surface area contributed by atoms with Gasteiger partial charge in [0.25, 0.3) is 5.92 Å². The lowest BCUT2D eigenvalue weighted by Crippen LogP contribution is -2.35. The first-order chi connectivity index (χ1) is 44.0. The molecule has 0 aliphatic heterocycles. The molecule has 0 spiro atoms. The van der Waals surface area contributed by atoms with Crippen molar-refractivity contribution in [1.29, 1.82) is 0 Å². The van der Waals surface area contributed by atoms with Gasteiger partial charge in [0.2, 0.25) is 22.7 Å². The van der Waals surface area contributed by atoms with Crippen LogP contribution in [0.4, 0.5) is 43.9 Å². The number of nitrogens with one attached hydrogen (secondary N) is 1. The first-order valence-electron chi connectivity index (χ1n) is 29.7. The second-order valence-electron chi connectivity index (χ2n) is 26.3. The molecule has 6 aromatic rings. The molecule has 0 unspecified atom stereocenters. The summed E-state index contributed by atoms with van der Waals surface area (Å²) in [6.07, 6.45) is -13.3. The minimum Gasteiger partial charge on any atom is -0.460 e. The molecule has 96 heavy (non-hydrogen) atoms. The maximum absolute atomic E-state index is 15.8. The molecule has 2 aliphatic rings. The number of pyridine rings is 1. The van der Waals surface area contributed by atoms with Crippen molar-refractivity contribution in [3.8, 4) is 28.7 Å². The van der Waals surface area contributed by atoms with E-state index in [4.69, 9.17) is 29.9 Å². The Morgan fingerprint density at radius 3 is 2.06 bits per heavy atom. The molecule has 3 aromatic heterocycles. The van der Waals surface area contributed by atoms with E-state index in [2.05, 4.69) is 32.3 Å². The van der Waals surface area contributed by atoms with Crippen molar-refractivity contribution in [2.75, 3.05) is 6.26 Å². The van der Waals surface area contributed by atoms with Crippen LogP contribution in [0.25, 0.3) is 22.0 Å². The molecule has 2 aliphatic carbocycles. The Bertz CT molecular complexity index is 4360. The molecule has 1 saturated carbocycles. The molecule has 1 fully saturated rings. The van der Waals surface area contributed by atoms with Crippen LogP contribution < -0.4 is 9.84 Å². The Balaban J connectivity index is 1.29. The number of esters is 1. The van der Waals surface area contributed by atoms with Gasteiger partial charge in [0.1, 0.15) is 52.2 Å². The van der Waals surface area contributed by atoms with E-state index < -0.39 is 205 Å². The summed E-state index contributed by atoms with van der Waals surface area (Å²) in [4.78, 5) is 47.5. The molecule has 3 atom stereocenters. The number of benzene rings is 3. The Morgan fingerprint density at radius 2 is 1.50 bits per heavy atom. The second-order valence-corrected chi connectivity index (χ2v) is 31.7. The number of ether oxygens (including phenoxy) is 1. The van der Waals surface area contributed by atoms with Gasteiger partial charge in [0.05, 0.1) is 53.1 Å². The summed E-state index contributed by atoms with van der Waals surface area (Å²) in [5.41, 5.74) is -8.38. The van der Waals surface area contributed by atoms with E-state index in [9.17, 15) is 49.0 Å². The number of phosphoric ester groups is 1. The number of aromatic nitrogens is 5. The molecule has 0 radical (unpaired) electrons. The molecular weight excluding hydrogens is 1370 g/mol. The molecule has 0 saturated heterocycles. The average Bonchev–Trinajstić information content (AvgIpc) is 1.50. The molecule has 8 rings (SSSR count). The monoisotopic (exact) mass is 1440 g/mol. The van der Waals surface area contributed by atoms with E-state index in [-0.39, 0.29) is 54.7 Å². The van der Waals surface area contributed by atoms with E-state index in [1.165, 1.54) is 39.8 Å². The van der Waals surface area contributed by atoms with Crippen LogP contribution in [0.3, 0.4) is 0 Å². The molecule has 522 valence electrons. The summed E-state index contributed by atoms with van der Waals surface area (Å²) in [5, 5.41) is 9.28. The lowest BCUT2D eigenvalue weighted by molar-refractivity contribution is -0.154. The highest BCUT2D eigenvalue weighted by Crippen LogP contribution is 2.68. The van der Waals surface area contributed by atoms with Crippen molar-refractivity contribution in [3.05, 3.63) is 128 Å². The predicted molar refractivity (Wildman–Crippen MR) is 333 cm³/mol. The van der Waals surface area contributed by atoms with Gasteiger partial charge in [-0.1, -0.05) is 43.5 Å². The highest BCUT2D eigenvalue weighted by atomic mass is 35.5. The fourth-order valence-corrected chi connectivity index (χ4v) is 14.0. The fourth-order valence-electron chi connectivity index (χ4n) is 11.4. The number of carbonyl (C=O) groups is 3. The van der Waals surface area contributed by atoms with Crippen LogP contribution in [0.1, 0.15) is 157 Å². The van der Waals surface area contributed by atoms with E-state index in [0.29, 0.717) is 16.3 Å². The van der Waals surface area contributed by atoms with E-state index in [0.717, 1.165) is 36.6 Å². The summed E-state index contributed by atoms with van der Waals surface area (Å²) in [6, 6.07) is 7.89. The minimum absolute atomic E-state index is 0.0387. The zero-order valence-corrected chi connectivity index (χ0v) is 57.4. The Labute approximate surface area is 553 Å². The number of sulfone groups is 1. The summed E-state index contributed by atoms with van der Waals surface area (Å²) >= 11 is 6.89. The summed E-state index contributed by atoms with van der Waals surface area (Å²) in [6.45, 7) is 13.7. The first-order valence-corrected chi connectivity index (χ1v) is 34.6.